The van der Waals surface area contributed by atoms with Gasteiger partial charge in [-0.2, -0.15) is 0 Å². The maximum Gasteiger partial charge on any atom is 0.0181 e. The molecule has 2 aliphatic carbocycles. The second-order valence-corrected chi connectivity index (χ2v) is 7.43. The zero-order valence-electron chi connectivity index (χ0n) is 11.6. The molecule has 0 heterocycles. The summed E-state index contributed by atoms with van der Waals surface area (Å²) in [5.74, 6) is 1.01. The van der Waals surface area contributed by atoms with Crippen molar-refractivity contribution in [1.82, 2.24) is 0 Å². The topological polar surface area (TPSA) is 0 Å². The summed E-state index contributed by atoms with van der Waals surface area (Å²) < 4.78 is 1.15. The lowest BCUT2D eigenvalue weighted by Gasteiger charge is -2.27. The Morgan fingerprint density at radius 2 is 1.65 bits per heavy atom. The predicted octanol–water partition coefficient (Wildman–Crippen LogP) is 5.95. The molecule has 2 fully saturated rings. The Bertz CT molecular complexity index is 618. The van der Waals surface area contributed by atoms with Crippen LogP contribution in [-0.2, 0) is 5.41 Å². The van der Waals surface area contributed by atoms with E-state index >= 15 is 0 Å². The monoisotopic (exact) mass is 326 g/mol. The lowest BCUT2D eigenvalue weighted by Crippen LogP contribution is -2.19. The van der Waals surface area contributed by atoms with Crippen molar-refractivity contribution in [3.05, 3.63) is 58.6 Å². The number of benzene rings is 2. The molecule has 0 N–H and O–H groups in total. The standard InChI is InChI=1S/C19H19Br/c20-18-3-1-2-16(12-18)15-4-6-17(7-5-15)19-10-8-14(13-19)9-11-19/h1-7,12,14H,8-11,13H2. The normalized spacial score (nSPS) is 27.9. The van der Waals surface area contributed by atoms with Gasteiger partial charge >= 0.3 is 0 Å². The zero-order chi connectivity index (χ0) is 13.6. The molecular weight excluding hydrogens is 308 g/mol. The Balaban J connectivity index is 1.66. The summed E-state index contributed by atoms with van der Waals surface area (Å²) in [6.07, 6.45) is 7.16. The lowest BCUT2D eigenvalue weighted by molar-refractivity contribution is 0.419. The fourth-order valence-electron chi connectivity index (χ4n) is 4.28. The molecule has 2 saturated carbocycles. The third-order valence-corrected chi connectivity index (χ3v) is 5.89. The summed E-state index contributed by atoms with van der Waals surface area (Å²) in [4.78, 5) is 0. The largest absolute Gasteiger partial charge is 0.0605 e. The van der Waals surface area contributed by atoms with E-state index in [1.807, 2.05) is 0 Å². The van der Waals surface area contributed by atoms with Crippen LogP contribution in [0.5, 0.6) is 0 Å². The van der Waals surface area contributed by atoms with Gasteiger partial charge in [0.2, 0.25) is 0 Å². The van der Waals surface area contributed by atoms with Crippen LogP contribution in [0.15, 0.2) is 53.0 Å². The first kappa shape index (κ1) is 12.6. The molecule has 0 aliphatic heterocycles. The van der Waals surface area contributed by atoms with Crippen LogP contribution >= 0.6 is 15.9 Å². The SMILES string of the molecule is Brc1cccc(-c2ccc(C34CCC(CC3)C4)cc2)c1. The van der Waals surface area contributed by atoms with E-state index in [0.717, 1.165) is 10.4 Å². The molecule has 0 atom stereocenters. The second-order valence-electron chi connectivity index (χ2n) is 6.52. The minimum Gasteiger partial charge on any atom is -0.0605 e. The smallest absolute Gasteiger partial charge is 0.0181 e. The van der Waals surface area contributed by atoms with Crippen LogP contribution in [0.4, 0.5) is 0 Å². The first-order valence-electron chi connectivity index (χ1n) is 7.62. The van der Waals surface area contributed by atoms with Crippen LogP contribution in [0.2, 0.25) is 0 Å². The molecule has 1 heteroatoms. The highest BCUT2D eigenvalue weighted by Gasteiger charge is 2.45. The Morgan fingerprint density at radius 1 is 0.900 bits per heavy atom. The predicted molar refractivity (Wildman–Crippen MR) is 87.8 cm³/mol. The number of hydrogen-bond donors (Lipinski definition) is 0. The van der Waals surface area contributed by atoms with Gasteiger partial charge in [-0.3, -0.25) is 0 Å². The summed E-state index contributed by atoms with van der Waals surface area (Å²) in [7, 11) is 0. The first-order chi connectivity index (χ1) is 9.75. The van der Waals surface area contributed by atoms with Gasteiger partial charge in [-0.05, 0) is 72.3 Å². The lowest BCUT2D eigenvalue weighted by atomic mass is 9.77. The Morgan fingerprint density at radius 3 is 2.25 bits per heavy atom. The quantitative estimate of drug-likeness (QED) is 0.639. The van der Waals surface area contributed by atoms with E-state index in [0.29, 0.717) is 5.41 Å². The van der Waals surface area contributed by atoms with Gasteiger partial charge in [-0.1, -0.05) is 52.3 Å². The molecule has 2 bridgehead atoms. The summed E-state index contributed by atoms with van der Waals surface area (Å²) in [6, 6.07) is 17.9. The second kappa shape index (κ2) is 4.73. The molecule has 2 aliphatic rings. The zero-order valence-corrected chi connectivity index (χ0v) is 13.2. The Hall–Kier alpha value is -1.08. The molecule has 20 heavy (non-hydrogen) atoms. The van der Waals surface area contributed by atoms with E-state index in [2.05, 4.69) is 64.5 Å². The van der Waals surface area contributed by atoms with Crippen LogP contribution in [0.3, 0.4) is 0 Å². The van der Waals surface area contributed by atoms with Gasteiger partial charge in [0.05, 0.1) is 0 Å². The highest BCUT2D eigenvalue weighted by molar-refractivity contribution is 9.10. The number of rotatable bonds is 2. The molecule has 0 radical (unpaired) electrons. The molecule has 0 amide bonds. The molecule has 0 aromatic heterocycles. The Kier molecular flexibility index (Phi) is 2.99. The minimum atomic E-state index is 0.528. The van der Waals surface area contributed by atoms with Gasteiger partial charge in [-0.25, -0.2) is 0 Å². The van der Waals surface area contributed by atoms with E-state index in [1.165, 1.54) is 43.2 Å². The Labute approximate surface area is 129 Å². The fourth-order valence-corrected chi connectivity index (χ4v) is 4.68. The average molecular weight is 327 g/mol. The van der Waals surface area contributed by atoms with Crippen molar-refractivity contribution in [1.29, 1.82) is 0 Å². The van der Waals surface area contributed by atoms with Crippen molar-refractivity contribution in [2.24, 2.45) is 5.92 Å². The molecular formula is C19H19Br. The molecule has 0 nitrogen and oxygen atoms in total. The maximum absolute atomic E-state index is 3.55. The van der Waals surface area contributed by atoms with Gasteiger partial charge in [0.25, 0.3) is 0 Å². The van der Waals surface area contributed by atoms with Crippen molar-refractivity contribution in [2.75, 3.05) is 0 Å². The summed E-state index contributed by atoms with van der Waals surface area (Å²) in [5, 5.41) is 0. The first-order valence-corrected chi connectivity index (χ1v) is 8.41. The number of hydrogen-bond acceptors (Lipinski definition) is 0. The van der Waals surface area contributed by atoms with Crippen molar-refractivity contribution in [3.8, 4) is 11.1 Å². The third-order valence-electron chi connectivity index (χ3n) is 5.40. The molecule has 2 aromatic carbocycles. The molecule has 102 valence electrons. The molecule has 4 rings (SSSR count). The van der Waals surface area contributed by atoms with Crippen molar-refractivity contribution in [2.45, 2.75) is 37.5 Å². The van der Waals surface area contributed by atoms with E-state index in [4.69, 9.17) is 0 Å². The molecule has 0 saturated heterocycles. The van der Waals surface area contributed by atoms with Crippen LogP contribution < -0.4 is 0 Å². The van der Waals surface area contributed by atoms with Gasteiger partial charge < -0.3 is 0 Å². The maximum atomic E-state index is 3.55. The number of halogens is 1. The highest BCUT2D eigenvalue weighted by atomic mass is 79.9. The van der Waals surface area contributed by atoms with Gasteiger partial charge in [0, 0.05) is 4.47 Å². The number of fused-ring (bicyclic) bond motifs is 2. The fraction of sp³-hybridized carbons (Fsp3) is 0.368. The highest BCUT2D eigenvalue weighted by Crippen LogP contribution is 2.55. The van der Waals surface area contributed by atoms with Gasteiger partial charge in [-0.15, -0.1) is 0 Å². The van der Waals surface area contributed by atoms with E-state index in [-0.39, 0.29) is 0 Å². The average Bonchev–Trinajstić information content (AvgIpc) is 3.09. The van der Waals surface area contributed by atoms with Crippen LogP contribution in [0.1, 0.15) is 37.7 Å². The van der Waals surface area contributed by atoms with E-state index in [1.54, 1.807) is 5.56 Å². The van der Waals surface area contributed by atoms with Crippen LogP contribution in [-0.4, -0.2) is 0 Å². The van der Waals surface area contributed by atoms with Crippen LogP contribution in [0, 0.1) is 5.92 Å². The molecule has 0 unspecified atom stereocenters. The minimum absolute atomic E-state index is 0.528. The molecule has 2 aromatic rings. The van der Waals surface area contributed by atoms with Crippen LogP contribution in [0.25, 0.3) is 11.1 Å². The van der Waals surface area contributed by atoms with Crippen molar-refractivity contribution >= 4 is 15.9 Å². The van der Waals surface area contributed by atoms with E-state index in [9.17, 15) is 0 Å². The van der Waals surface area contributed by atoms with Gasteiger partial charge in [0.15, 0.2) is 0 Å². The summed E-state index contributed by atoms with van der Waals surface area (Å²) in [5.41, 5.74) is 4.72. The molecule has 0 spiro atoms. The van der Waals surface area contributed by atoms with E-state index < -0.39 is 0 Å². The van der Waals surface area contributed by atoms with Gasteiger partial charge in [0.1, 0.15) is 0 Å². The van der Waals surface area contributed by atoms with Crippen molar-refractivity contribution in [3.63, 3.8) is 0 Å². The third kappa shape index (κ3) is 2.03. The van der Waals surface area contributed by atoms with Crippen molar-refractivity contribution < 1.29 is 0 Å². The summed E-state index contributed by atoms with van der Waals surface area (Å²) in [6.45, 7) is 0. The summed E-state index contributed by atoms with van der Waals surface area (Å²) >= 11 is 3.55.